The molecular formula is C25H25NO3. The Labute approximate surface area is 172 Å². The van der Waals surface area contributed by atoms with Crippen LogP contribution < -0.4 is 9.47 Å². The highest BCUT2D eigenvalue weighted by Crippen LogP contribution is 2.17. The molecule has 0 saturated carbocycles. The molecule has 3 rings (SSSR count). The topological polar surface area (TPSA) is 38.8 Å². The molecule has 0 aliphatic heterocycles. The minimum atomic E-state index is -0.0336. The molecular weight excluding hydrogens is 362 g/mol. The molecule has 0 unspecified atom stereocenters. The van der Waals surface area contributed by atoms with E-state index in [0.29, 0.717) is 13.2 Å². The van der Waals surface area contributed by atoms with Gasteiger partial charge < -0.3 is 14.4 Å². The van der Waals surface area contributed by atoms with E-state index >= 15 is 0 Å². The molecule has 0 radical (unpaired) electrons. The van der Waals surface area contributed by atoms with Gasteiger partial charge in [0.15, 0.2) is 0 Å². The molecule has 0 spiro atoms. The van der Waals surface area contributed by atoms with Gasteiger partial charge in [-0.25, -0.2) is 0 Å². The Hall–Kier alpha value is -3.53. The SMILES string of the molecule is COc1ccc(COc2ccc(/C=C/C(=O)N(C)Cc3ccccc3)cc2)cc1. The highest BCUT2D eigenvalue weighted by Gasteiger charge is 2.05. The maximum absolute atomic E-state index is 12.3. The van der Waals surface area contributed by atoms with Crippen molar-refractivity contribution in [1.82, 2.24) is 4.90 Å². The van der Waals surface area contributed by atoms with Crippen LogP contribution >= 0.6 is 0 Å². The summed E-state index contributed by atoms with van der Waals surface area (Å²) in [5.74, 6) is 1.58. The number of hydrogen-bond acceptors (Lipinski definition) is 3. The van der Waals surface area contributed by atoms with E-state index in [4.69, 9.17) is 9.47 Å². The molecule has 0 fully saturated rings. The highest BCUT2D eigenvalue weighted by molar-refractivity contribution is 5.91. The number of benzene rings is 3. The van der Waals surface area contributed by atoms with Crippen molar-refractivity contribution < 1.29 is 14.3 Å². The number of carbonyl (C=O) groups excluding carboxylic acids is 1. The Morgan fingerprint density at radius 3 is 2.17 bits per heavy atom. The van der Waals surface area contributed by atoms with Crippen LogP contribution in [0.25, 0.3) is 6.08 Å². The summed E-state index contributed by atoms with van der Waals surface area (Å²) in [4.78, 5) is 14.0. The van der Waals surface area contributed by atoms with Gasteiger partial charge >= 0.3 is 0 Å². The molecule has 4 nitrogen and oxygen atoms in total. The van der Waals surface area contributed by atoms with Gasteiger partial charge in [-0.1, -0.05) is 54.6 Å². The number of carbonyl (C=O) groups is 1. The molecule has 4 heteroatoms. The van der Waals surface area contributed by atoms with Gasteiger partial charge in [-0.3, -0.25) is 4.79 Å². The van der Waals surface area contributed by atoms with Gasteiger partial charge in [-0.05, 0) is 47.0 Å². The molecule has 0 bridgehead atoms. The minimum absolute atomic E-state index is 0.0336. The van der Waals surface area contributed by atoms with E-state index in [1.807, 2.05) is 84.9 Å². The van der Waals surface area contributed by atoms with Gasteiger partial charge in [0.1, 0.15) is 18.1 Å². The number of likely N-dealkylation sites (N-methyl/N-ethyl adjacent to an activating group) is 1. The predicted molar refractivity (Wildman–Crippen MR) is 116 cm³/mol. The van der Waals surface area contributed by atoms with Crippen molar-refractivity contribution >= 4 is 12.0 Å². The third-order valence-corrected chi connectivity index (χ3v) is 4.50. The van der Waals surface area contributed by atoms with Crippen molar-refractivity contribution in [3.63, 3.8) is 0 Å². The lowest BCUT2D eigenvalue weighted by atomic mass is 10.2. The van der Waals surface area contributed by atoms with Crippen LogP contribution in [-0.4, -0.2) is 25.0 Å². The molecule has 0 aliphatic carbocycles. The van der Waals surface area contributed by atoms with Gasteiger partial charge in [0.05, 0.1) is 7.11 Å². The van der Waals surface area contributed by atoms with Gasteiger partial charge in [0, 0.05) is 19.7 Å². The van der Waals surface area contributed by atoms with Crippen molar-refractivity contribution in [2.75, 3.05) is 14.2 Å². The summed E-state index contributed by atoms with van der Waals surface area (Å²) in [6.45, 7) is 1.07. The van der Waals surface area contributed by atoms with Crippen LogP contribution in [0.2, 0.25) is 0 Å². The summed E-state index contributed by atoms with van der Waals surface area (Å²) >= 11 is 0. The maximum atomic E-state index is 12.3. The van der Waals surface area contributed by atoms with Gasteiger partial charge in [-0.2, -0.15) is 0 Å². The lowest BCUT2D eigenvalue weighted by molar-refractivity contribution is -0.125. The van der Waals surface area contributed by atoms with E-state index in [-0.39, 0.29) is 5.91 Å². The molecule has 0 heterocycles. The number of hydrogen-bond donors (Lipinski definition) is 0. The first kappa shape index (κ1) is 20.2. The number of nitrogens with zero attached hydrogens (tertiary/aromatic N) is 1. The van der Waals surface area contributed by atoms with Crippen molar-refractivity contribution in [3.8, 4) is 11.5 Å². The number of methoxy groups -OCH3 is 1. The predicted octanol–water partition coefficient (Wildman–Crippen LogP) is 4.95. The van der Waals surface area contributed by atoms with Gasteiger partial charge in [0.25, 0.3) is 0 Å². The Morgan fingerprint density at radius 1 is 0.862 bits per heavy atom. The first-order valence-corrected chi connectivity index (χ1v) is 9.47. The zero-order valence-electron chi connectivity index (χ0n) is 16.7. The second-order valence-electron chi connectivity index (χ2n) is 6.72. The van der Waals surface area contributed by atoms with E-state index in [2.05, 4.69) is 0 Å². The normalized spacial score (nSPS) is 10.7. The summed E-state index contributed by atoms with van der Waals surface area (Å²) < 4.78 is 11.0. The third-order valence-electron chi connectivity index (χ3n) is 4.50. The van der Waals surface area contributed by atoms with Crippen molar-refractivity contribution in [2.24, 2.45) is 0 Å². The first-order chi connectivity index (χ1) is 14.1. The molecule has 3 aromatic carbocycles. The van der Waals surface area contributed by atoms with Crippen LogP contribution in [0.4, 0.5) is 0 Å². The molecule has 1 amide bonds. The van der Waals surface area contributed by atoms with Crippen LogP contribution in [0, 0.1) is 0 Å². The molecule has 148 valence electrons. The summed E-state index contributed by atoms with van der Waals surface area (Å²) in [6.07, 6.45) is 3.41. The largest absolute Gasteiger partial charge is 0.497 e. The number of amides is 1. The van der Waals surface area contributed by atoms with Crippen LogP contribution in [-0.2, 0) is 17.9 Å². The molecule has 0 atom stereocenters. The number of rotatable bonds is 8. The number of ether oxygens (including phenoxy) is 2. The molecule has 0 N–H and O–H groups in total. The second-order valence-corrected chi connectivity index (χ2v) is 6.72. The van der Waals surface area contributed by atoms with Crippen molar-refractivity contribution in [1.29, 1.82) is 0 Å². The lowest BCUT2D eigenvalue weighted by Gasteiger charge is -2.15. The van der Waals surface area contributed by atoms with E-state index in [1.54, 1.807) is 25.1 Å². The smallest absolute Gasteiger partial charge is 0.246 e. The molecule has 29 heavy (non-hydrogen) atoms. The highest BCUT2D eigenvalue weighted by atomic mass is 16.5. The van der Waals surface area contributed by atoms with Crippen LogP contribution in [0.1, 0.15) is 16.7 Å². The van der Waals surface area contributed by atoms with Crippen LogP contribution in [0.3, 0.4) is 0 Å². The second kappa shape index (κ2) is 10.1. The van der Waals surface area contributed by atoms with Crippen LogP contribution in [0.5, 0.6) is 11.5 Å². The summed E-state index contributed by atoms with van der Waals surface area (Å²) in [7, 11) is 3.45. The standard InChI is InChI=1S/C25H25NO3/c1-26(18-21-6-4-3-5-7-21)25(27)17-12-20-8-15-24(16-9-20)29-19-22-10-13-23(28-2)14-11-22/h3-17H,18-19H2,1-2H3/b17-12+. The first-order valence-electron chi connectivity index (χ1n) is 9.47. The van der Waals surface area contributed by atoms with Gasteiger partial charge in [-0.15, -0.1) is 0 Å². The lowest BCUT2D eigenvalue weighted by Crippen LogP contribution is -2.23. The monoisotopic (exact) mass is 387 g/mol. The molecule has 3 aromatic rings. The van der Waals surface area contributed by atoms with E-state index in [1.165, 1.54) is 0 Å². The van der Waals surface area contributed by atoms with Gasteiger partial charge in [0.2, 0.25) is 5.91 Å². The fraction of sp³-hybridized carbons (Fsp3) is 0.160. The Bertz CT molecular complexity index is 932. The quantitative estimate of drug-likeness (QED) is 0.514. The van der Waals surface area contributed by atoms with Crippen molar-refractivity contribution in [2.45, 2.75) is 13.2 Å². The minimum Gasteiger partial charge on any atom is -0.497 e. The van der Waals surface area contributed by atoms with Crippen LogP contribution in [0.15, 0.2) is 84.9 Å². The summed E-state index contributed by atoms with van der Waals surface area (Å²) in [5.41, 5.74) is 3.13. The fourth-order valence-electron chi connectivity index (χ4n) is 2.79. The zero-order valence-corrected chi connectivity index (χ0v) is 16.7. The van der Waals surface area contributed by atoms with E-state index in [0.717, 1.165) is 28.2 Å². The fourth-order valence-corrected chi connectivity index (χ4v) is 2.79. The zero-order chi connectivity index (χ0) is 20.5. The van der Waals surface area contributed by atoms with E-state index < -0.39 is 0 Å². The Morgan fingerprint density at radius 2 is 1.52 bits per heavy atom. The average Bonchev–Trinajstić information content (AvgIpc) is 2.77. The summed E-state index contributed by atoms with van der Waals surface area (Å²) in [6, 6.07) is 25.4. The maximum Gasteiger partial charge on any atom is 0.246 e. The molecule has 0 saturated heterocycles. The van der Waals surface area contributed by atoms with E-state index in [9.17, 15) is 4.79 Å². The Balaban J connectivity index is 1.50. The molecule has 0 aromatic heterocycles. The average molecular weight is 387 g/mol. The summed E-state index contributed by atoms with van der Waals surface area (Å²) in [5, 5.41) is 0. The molecule has 0 aliphatic rings. The third kappa shape index (κ3) is 6.25. The Kier molecular flexibility index (Phi) is 7.06. The van der Waals surface area contributed by atoms with Crippen molar-refractivity contribution in [3.05, 3.63) is 102 Å².